The van der Waals surface area contributed by atoms with E-state index in [2.05, 4.69) is 0 Å². The molecule has 0 unspecified atom stereocenters. The summed E-state index contributed by atoms with van der Waals surface area (Å²) in [5, 5.41) is 0. The Kier molecular flexibility index (Phi) is 3.61. The zero-order valence-corrected chi connectivity index (χ0v) is 7.37. The summed E-state index contributed by atoms with van der Waals surface area (Å²) < 4.78 is 1.61. The lowest BCUT2D eigenvalue weighted by Gasteiger charge is -1.98. The average molecular weight is 184 g/mol. The van der Waals surface area contributed by atoms with Crippen molar-refractivity contribution in [1.82, 2.24) is 4.57 Å². The maximum absolute atomic E-state index is 11.1. The number of hydrogen-bond acceptors (Lipinski definition) is 1. The van der Waals surface area contributed by atoms with Gasteiger partial charge in [-0.25, -0.2) is 0 Å². The van der Waals surface area contributed by atoms with Gasteiger partial charge in [0.2, 0.25) is 0 Å². The fourth-order valence-electron chi connectivity index (χ4n) is 0.863. The monoisotopic (exact) mass is 183 g/mol. The maximum Gasteiger partial charge on any atom is 0.250 e. The molecule has 0 saturated heterocycles. The van der Waals surface area contributed by atoms with Crippen LogP contribution < -0.4 is 5.56 Å². The quantitative estimate of drug-likeness (QED) is 0.516. The minimum absolute atomic E-state index is 0.0109. The molecular weight excluding hydrogens is 174 g/mol. The van der Waals surface area contributed by atoms with E-state index in [1.165, 1.54) is 6.07 Å². The van der Waals surface area contributed by atoms with Crippen molar-refractivity contribution in [2.75, 3.05) is 5.88 Å². The van der Waals surface area contributed by atoms with Crippen molar-refractivity contribution in [2.24, 2.45) is 0 Å². The summed E-state index contributed by atoms with van der Waals surface area (Å²) in [6, 6.07) is 5.09. The van der Waals surface area contributed by atoms with Crippen LogP contribution in [0.25, 0.3) is 0 Å². The molecule has 64 valence electrons. The van der Waals surface area contributed by atoms with Crippen LogP contribution in [0, 0.1) is 0 Å². The Morgan fingerprint density at radius 1 is 1.42 bits per heavy atom. The molecule has 0 bridgehead atoms. The van der Waals surface area contributed by atoms with Crippen molar-refractivity contribution in [2.45, 2.75) is 6.54 Å². The lowest BCUT2D eigenvalue weighted by atomic mass is 10.4. The second-order valence-corrected chi connectivity index (χ2v) is 2.63. The molecule has 0 amide bonds. The minimum Gasteiger partial charge on any atom is -0.312 e. The number of aromatic nitrogens is 1. The SMILES string of the molecule is O=c1ccccn1CC=CCCl. The van der Waals surface area contributed by atoms with Gasteiger partial charge in [0.1, 0.15) is 0 Å². The van der Waals surface area contributed by atoms with Crippen LogP contribution in [0.15, 0.2) is 41.3 Å². The first kappa shape index (κ1) is 9.07. The summed E-state index contributed by atoms with van der Waals surface area (Å²) >= 11 is 5.43. The van der Waals surface area contributed by atoms with E-state index in [1.54, 1.807) is 16.8 Å². The Bertz CT molecular complexity index is 316. The first-order valence-electron chi connectivity index (χ1n) is 3.71. The molecule has 0 radical (unpaired) electrons. The molecule has 0 aromatic carbocycles. The molecule has 1 heterocycles. The maximum atomic E-state index is 11.1. The first-order valence-corrected chi connectivity index (χ1v) is 4.24. The summed E-state index contributed by atoms with van der Waals surface area (Å²) in [7, 11) is 0. The second kappa shape index (κ2) is 4.78. The Balaban J connectivity index is 2.70. The van der Waals surface area contributed by atoms with Crippen molar-refractivity contribution in [1.29, 1.82) is 0 Å². The molecule has 0 saturated carbocycles. The highest BCUT2D eigenvalue weighted by Crippen LogP contribution is 1.84. The average Bonchev–Trinajstić information content (AvgIpc) is 2.09. The molecule has 1 rings (SSSR count). The summed E-state index contributed by atoms with van der Waals surface area (Å²) in [6.07, 6.45) is 5.44. The number of allylic oxidation sites excluding steroid dienone is 2. The van der Waals surface area contributed by atoms with E-state index in [9.17, 15) is 4.79 Å². The highest BCUT2D eigenvalue weighted by Gasteiger charge is 1.87. The molecule has 0 spiro atoms. The second-order valence-electron chi connectivity index (χ2n) is 2.32. The van der Waals surface area contributed by atoms with Gasteiger partial charge in [0, 0.05) is 24.7 Å². The normalized spacial score (nSPS) is 10.8. The predicted octanol–water partition coefficient (Wildman–Crippen LogP) is 1.64. The number of hydrogen-bond donors (Lipinski definition) is 0. The summed E-state index contributed by atoms with van der Waals surface area (Å²) in [5.74, 6) is 0.488. The van der Waals surface area contributed by atoms with Gasteiger partial charge in [0.05, 0.1) is 0 Å². The van der Waals surface area contributed by atoms with Crippen LogP contribution in [0.3, 0.4) is 0 Å². The third-order valence-corrected chi connectivity index (χ3v) is 1.64. The molecular formula is C9H10ClNO. The Hall–Kier alpha value is -1.02. The van der Waals surface area contributed by atoms with Gasteiger partial charge in [0.15, 0.2) is 0 Å². The molecule has 0 aliphatic carbocycles. The van der Waals surface area contributed by atoms with E-state index in [0.717, 1.165) is 0 Å². The molecule has 0 aliphatic rings. The van der Waals surface area contributed by atoms with Gasteiger partial charge in [-0.3, -0.25) is 4.79 Å². The van der Waals surface area contributed by atoms with Crippen molar-refractivity contribution in [3.63, 3.8) is 0 Å². The molecule has 0 fully saturated rings. The summed E-state index contributed by atoms with van der Waals surface area (Å²) in [4.78, 5) is 11.1. The first-order chi connectivity index (χ1) is 5.84. The molecule has 0 N–H and O–H groups in total. The van der Waals surface area contributed by atoms with Crippen LogP contribution in [0.2, 0.25) is 0 Å². The lowest BCUT2D eigenvalue weighted by molar-refractivity contribution is 0.778. The highest BCUT2D eigenvalue weighted by molar-refractivity contribution is 6.18. The molecule has 1 aromatic heterocycles. The smallest absolute Gasteiger partial charge is 0.250 e. The molecule has 12 heavy (non-hydrogen) atoms. The van der Waals surface area contributed by atoms with Crippen LogP contribution in [-0.2, 0) is 6.54 Å². The molecule has 0 atom stereocenters. The van der Waals surface area contributed by atoms with Gasteiger partial charge in [-0.15, -0.1) is 11.6 Å². The van der Waals surface area contributed by atoms with Crippen LogP contribution in [-0.4, -0.2) is 10.4 Å². The van der Waals surface area contributed by atoms with Gasteiger partial charge < -0.3 is 4.57 Å². The van der Waals surface area contributed by atoms with E-state index in [0.29, 0.717) is 12.4 Å². The van der Waals surface area contributed by atoms with Gasteiger partial charge >= 0.3 is 0 Å². The van der Waals surface area contributed by atoms with Crippen LogP contribution in [0.5, 0.6) is 0 Å². The molecule has 0 aliphatic heterocycles. The molecule has 3 heteroatoms. The van der Waals surface area contributed by atoms with Crippen molar-refractivity contribution in [3.8, 4) is 0 Å². The number of halogens is 1. The standard InChI is InChI=1S/C9H10ClNO/c10-6-2-4-8-11-7-3-1-5-9(11)12/h1-5,7H,6,8H2. The third kappa shape index (κ3) is 2.55. The van der Waals surface area contributed by atoms with Gasteiger partial charge in [-0.1, -0.05) is 18.2 Å². The van der Waals surface area contributed by atoms with Crippen molar-refractivity contribution >= 4 is 11.6 Å². The number of pyridine rings is 1. The van der Waals surface area contributed by atoms with Crippen LogP contribution in [0.4, 0.5) is 0 Å². The van der Waals surface area contributed by atoms with E-state index in [-0.39, 0.29) is 5.56 Å². The van der Waals surface area contributed by atoms with E-state index >= 15 is 0 Å². The highest BCUT2D eigenvalue weighted by atomic mass is 35.5. The summed E-state index contributed by atoms with van der Waals surface area (Å²) in [6.45, 7) is 0.590. The molecule has 1 aromatic rings. The Morgan fingerprint density at radius 2 is 2.25 bits per heavy atom. The van der Waals surface area contributed by atoms with Gasteiger partial charge in [0.25, 0.3) is 5.56 Å². The Labute approximate surface area is 76.1 Å². The van der Waals surface area contributed by atoms with Gasteiger partial charge in [-0.2, -0.15) is 0 Å². The number of nitrogens with zero attached hydrogens (tertiary/aromatic N) is 1. The van der Waals surface area contributed by atoms with Crippen LogP contribution in [0.1, 0.15) is 0 Å². The number of alkyl halides is 1. The van der Waals surface area contributed by atoms with E-state index < -0.39 is 0 Å². The van der Waals surface area contributed by atoms with Crippen molar-refractivity contribution < 1.29 is 0 Å². The molecule has 2 nitrogen and oxygen atoms in total. The fraction of sp³-hybridized carbons (Fsp3) is 0.222. The third-order valence-electron chi connectivity index (χ3n) is 1.46. The zero-order valence-electron chi connectivity index (χ0n) is 6.61. The van der Waals surface area contributed by atoms with Gasteiger partial charge in [-0.05, 0) is 6.07 Å². The Morgan fingerprint density at radius 3 is 2.92 bits per heavy atom. The topological polar surface area (TPSA) is 22.0 Å². The predicted molar refractivity (Wildman–Crippen MR) is 50.6 cm³/mol. The van der Waals surface area contributed by atoms with E-state index in [1.807, 2.05) is 18.2 Å². The van der Waals surface area contributed by atoms with Crippen molar-refractivity contribution in [3.05, 3.63) is 46.9 Å². The largest absolute Gasteiger partial charge is 0.312 e. The summed E-state index contributed by atoms with van der Waals surface area (Å²) in [5.41, 5.74) is 0.0109. The fourth-order valence-corrected chi connectivity index (χ4v) is 0.989. The van der Waals surface area contributed by atoms with Crippen LogP contribution >= 0.6 is 11.6 Å². The number of rotatable bonds is 3. The van der Waals surface area contributed by atoms with E-state index in [4.69, 9.17) is 11.6 Å². The minimum atomic E-state index is 0.0109. The lowest BCUT2D eigenvalue weighted by Crippen LogP contribution is -2.16. The zero-order chi connectivity index (χ0) is 8.81.